The fraction of sp³-hybridized carbons (Fsp3) is 0.421. The predicted octanol–water partition coefficient (Wildman–Crippen LogP) is 3.86. The summed E-state index contributed by atoms with van der Waals surface area (Å²) in [5, 5.41) is 8.77. The van der Waals surface area contributed by atoms with Crippen LogP contribution in [0.2, 0.25) is 0 Å². The Bertz CT molecular complexity index is 717. The third kappa shape index (κ3) is 5.54. The summed E-state index contributed by atoms with van der Waals surface area (Å²) < 4.78 is 11.3. The standard InChI is InChI=1S/C19H21N3O3/c1-19(2,3)25-18(23)22-10-9-17(13-22)24-16-7-5-14(6-8-16)11-15(12-20)21-4/h5-8,11,17H,9-10,13H2,1-3H3/b15-11-. The van der Waals surface area contributed by atoms with Crippen molar-refractivity contribution in [3.63, 3.8) is 0 Å². The summed E-state index contributed by atoms with van der Waals surface area (Å²) in [4.78, 5) is 16.8. The van der Waals surface area contributed by atoms with E-state index in [9.17, 15) is 4.79 Å². The van der Waals surface area contributed by atoms with Gasteiger partial charge in [-0.3, -0.25) is 0 Å². The van der Waals surface area contributed by atoms with Crippen LogP contribution in [-0.2, 0) is 4.74 Å². The molecule has 0 radical (unpaired) electrons. The normalized spacial score (nSPS) is 17.6. The minimum Gasteiger partial charge on any atom is -0.489 e. The maximum Gasteiger partial charge on any atom is 0.410 e. The van der Waals surface area contributed by atoms with E-state index in [0.29, 0.717) is 18.8 Å². The molecular formula is C19H21N3O3. The van der Waals surface area contributed by atoms with Gasteiger partial charge >= 0.3 is 6.09 Å². The number of ether oxygens (including phenoxy) is 2. The van der Waals surface area contributed by atoms with E-state index in [2.05, 4.69) is 4.85 Å². The number of likely N-dealkylation sites (tertiary alicyclic amines) is 1. The lowest BCUT2D eigenvalue weighted by molar-refractivity contribution is 0.0275. The van der Waals surface area contributed by atoms with E-state index in [1.807, 2.05) is 26.8 Å². The van der Waals surface area contributed by atoms with Gasteiger partial charge in [0.25, 0.3) is 5.70 Å². The summed E-state index contributed by atoms with van der Waals surface area (Å²) in [7, 11) is 0. The molecule has 130 valence electrons. The zero-order valence-electron chi connectivity index (χ0n) is 14.7. The predicted molar refractivity (Wildman–Crippen MR) is 93.5 cm³/mol. The molecule has 0 aliphatic carbocycles. The first-order valence-corrected chi connectivity index (χ1v) is 8.04. The van der Waals surface area contributed by atoms with E-state index in [1.54, 1.807) is 29.2 Å². The summed E-state index contributed by atoms with van der Waals surface area (Å²) >= 11 is 0. The maximum absolute atomic E-state index is 12.1. The van der Waals surface area contributed by atoms with Gasteiger partial charge in [0.05, 0.1) is 19.2 Å². The molecule has 1 fully saturated rings. The molecule has 1 atom stereocenters. The monoisotopic (exact) mass is 339 g/mol. The molecule has 0 saturated carbocycles. The van der Waals surface area contributed by atoms with Gasteiger partial charge in [-0.25, -0.2) is 14.9 Å². The van der Waals surface area contributed by atoms with Crippen LogP contribution in [-0.4, -0.2) is 35.8 Å². The molecule has 1 amide bonds. The first-order chi connectivity index (χ1) is 11.8. The average molecular weight is 339 g/mol. The smallest absolute Gasteiger partial charge is 0.410 e. The molecule has 1 saturated heterocycles. The van der Waals surface area contributed by atoms with Gasteiger partial charge in [-0.2, -0.15) is 0 Å². The van der Waals surface area contributed by atoms with E-state index < -0.39 is 5.60 Å². The number of benzene rings is 1. The highest BCUT2D eigenvalue weighted by Gasteiger charge is 2.30. The number of carbonyl (C=O) groups is 1. The average Bonchev–Trinajstić information content (AvgIpc) is 3.01. The second-order valence-corrected chi connectivity index (χ2v) is 6.78. The highest BCUT2D eigenvalue weighted by Crippen LogP contribution is 2.21. The number of amides is 1. The van der Waals surface area contributed by atoms with Crippen molar-refractivity contribution >= 4 is 12.2 Å². The molecule has 1 heterocycles. The molecule has 1 unspecified atom stereocenters. The van der Waals surface area contributed by atoms with Crippen molar-refractivity contribution in [2.75, 3.05) is 13.1 Å². The first kappa shape index (κ1) is 18.4. The minimum absolute atomic E-state index is 0.0393. The zero-order valence-corrected chi connectivity index (χ0v) is 14.7. The lowest BCUT2D eigenvalue weighted by Crippen LogP contribution is -2.36. The molecule has 0 bridgehead atoms. The van der Waals surface area contributed by atoms with Crippen LogP contribution < -0.4 is 4.74 Å². The molecule has 1 aromatic rings. The Morgan fingerprint density at radius 3 is 2.64 bits per heavy atom. The Balaban J connectivity index is 1.92. The molecule has 6 nitrogen and oxygen atoms in total. The minimum atomic E-state index is -0.507. The highest BCUT2D eigenvalue weighted by atomic mass is 16.6. The van der Waals surface area contributed by atoms with Crippen molar-refractivity contribution in [3.8, 4) is 11.8 Å². The van der Waals surface area contributed by atoms with E-state index >= 15 is 0 Å². The molecule has 1 aliphatic heterocycles. The number of hydrogen-bond donors (Lipinski definition) is 0. The highest BCUT2D eigenvalue weighted by molar-refractivity contribution is 5.68. The van der Waals surface area contributed by atoms with Gasteiger partial charge in [0, 0.05) is 13.0 Å². The van der Waals surface area contributed by atoms with E-state index in [0.717, 1.165) is 12.0 Å². The Morgan fingerprint density at radius 1 is 1.40 bits per heavy atom. The van der Waals surface area contributed by atoms with Crippen LogP contribution in [0.5, 0.6) is 5.75 Å². The second-order valence-electron chi connectivity index (χ2n) is 6.78. The Kier molecular flexibility index (Phi) is 5.67. The fourth-order valence-corrected chi connectivity index (χ4v) is 2.40. The van der Waals surface area contributed by atoms with E-state index in [4.69, 9.17) is 21.3 Å². The number of carbonyl (C=O) groups excluding carboxylic acids is 1. The summed E-state index contributed by atoms with van der Waals surface area (Å²) in [6.07, 6.45) is 1.88. The topological polar surface area (TPSA) is 66.9 Å². The lowest BCUT2D eigenvalue weighted by atomic mass is 10.2. The van der Waals surface area contributed by atoms with Crippen LogP contribution in [0.15, 0.2) is 30.0 Å². The van der Waals surface area contributed by atoms with Crippen molar-refractivity contribution in [1.29, 1.82) is 5.26 Å². The summed E-state index contributed by atoms with van der Waals surface area (Å²) in [5.74, 6) is 0.689. The van der Waals surface area contributed by atoms with Gasteiger partial charge in [0.1, 0.15) is 17.5 Å². The first-order valence-electron chi connectivity index (χ1n) is 8.04. The van der Waals surface area contributed by atoms with Gasteiger partial charge in [0.15, 0.2) is 0 Å². The van der Waals surface area contributed by atoms with Crippen LogP contribution in [0.1, 0.15) is 32.8 Å². The second kappa shape index (κ2) is 7.72. The van der Waals surface area contributed by atoms with Crippen molar-refractivity contribution in [1.82, 2.24) is 4.90 Å². The Labute approximate surface area is 148 Å². The summed E-state index contributed by atoms with van der Waals surface area (Å²) in [5.41, 5.74) is 0.298. The molecule has 1 aliphatic rings. The fourth-order valence-electron chi connectivity index (χ4n) is 2.40. The molecule has 2 rings (SSSR count). The third-order valence-electron chi connectivity index (χ3n) is 3.52. The molecule has 0 aromatic heterocycles. The molecule has 1 aromatic carbocycles. The molecule has 25 heavy (non-hydrogen) atoms. The Hall–Kier alpha value is -2.99. The molecular weight excluding hydrogens is 318 g/mol. The lowest BCUT2D eigenvalue weighted by Gasteiger charge is -2.24. The largest absolute Gasteiger partial charge is 0.489 e. The van der Waals surface area contributed by atoms with Crippen molar-refractivity contribution in [2.24, 2.45) is 0 Å². The Morgan fingerprint density at radius 2 is 2.08 bits per heavy atom. The number of rotatable bonds is 3. The van der Waals surface area contributed by atoms with Gasteiger partial charge < -0.3 is 14.4 Å². The number of hydrogen-bond acceptors (Lipinski definition) is 4. The van der Waals surface area contributed by atoms with Crippen molar-refractivity contribution in [2.45, 2.75) is 38.9 Å². The SMILES string of the molecule is [C-]#[N+]/C(C#N)=C\c1ccc(OC2CCN(C(=O)OC(C)(C)C)C2)cc1. The van der Waals surface area contributed by atoms with Gasteiger partial charge in [-0.05, 0) is 44.5 Å². The quantitative estimate of drug-likeness (QED) is 0.619. The van der Waals surface area contributed by atoms with Crippen molar-refractivity contribution < 1.29 is 14.3 Å². The van der Waals surface area contributed by atoms with Crippen LogP contribution >= 0.6 is 0 Å². The zero-order chi connectivity index (χ0) is 18.4. The van der Waals surface area contributed by atoms with Crippen molar-refractivity contribution in [3.05, 3.63) is 46.9 Å². The number of nitriles is 1. The van der Waals surface area contributed by atoms with Crippen LogP contribution in [0, 0.1) is 17.9 Å². The molecule has 0 N–H and O–H groups in total. The van der Waals surface area contributed by atoms with Crippen LogP contribution in [0.3, 0.4) is 0 Å². The maximum atomic E-state index is 12.1. The van der Waals surface area contributed by atoms with Gasteiger partial charge in [0.2, 0.25) is 0 Å². The van der Waals surface area contributed by atoms with Crippen LogP contribution in [0.4, 0.5) is 4.79 Å². The van der Waals surface area contributed by atoms with Crippen LogP contribution in [0.25, 0.3) is 10.9 Å². The van der Waals surface area contributed by atoms with Gasteiger partial charge in [-0.1, -0.05) is 12.1 Å². The third-order valence-corrected chi connectivity index (χ3v) is 3.52. The molecule has 0 spiro atoms. The van der Waals surface area contributed by atoms with E-state index in [-0.39, 0.29) is 17.9 Å². The summed E-state index contributed by atoms with van der Waals surface area (Å²) in [6.45, 7) is 13.5. The van der Waals surface area contributed by atoms with E-state index in [1.165, 1.54) is 6.08 Å². The van der Waals surface area contributed by atoms with Gasteiger partial charge in [-0.15, -0.1) is 0 Å². The molecule has 6 heteroatoms. The number of nitrogens with zero attached hydrogens (tertiary/aromatic N) is 3. The number of allylic oxidation sites excluding steroid dienone is 1. The summed E-state index contributed by atoms with van der Waals surface area (Å²) in [6, 6.07) is 9.00.